The van der Waals surface area contributed by atoms with Gasteiger partial charge in [-0.25, -0.2) is 4.79 Å². The summed E-state index contributed by atoms with van der Waals surface area (Å²) < 4.78 is 37.7. The molecule has 6 heteroatoms. The molecule has 0 aromatic heterocycles. The molecule has 1 aliphatic rings. The Labute approximate surface area is 159 Å². The van der Waals surface area contributed by atoms with E-state index in [-0.39, 0.29) is 5.56 Å². The fourth-order valence-corrected chi connectivity index (χ4v) is 3.24. The van der Waals surface area contributed by atoms with E-state index in [0.29, 0.717) is 18.8 Å². The minimum Gasteiger partial charge on any atom is -0.313 e. The van der Waals surface area contributed by atoms with Gasteiger partial charge in [-0.05, 0) is 59.4 Å². The standard InChI is InChI=1S/C22H16F3NO2/c23-22(24,25)19-9-7-15(8-10-19)21(27)28-26-20-12-18(13-20)17-6-5-14-3-1-2-4-16(14)11-17/h1-11,18H,12-13H2. The third-order valence-corrected chi connectivity index (χ3v) is 4.91. The predicted octanol–water partition coefficient (Wildman–Crippen LogP) is 5.95. The van der Waals surface area contributed by atoms with E-state index in [1.807, 2.05) is 12.1 Å². The molecule has 3 aromatic rings. The smallest absolute Gasteiger partial charge is 0.313 e. The van der Waals surface area contributed by atoms with Crippen LogP contribution in [0.2, 0.25) is 0 Å². The molecule has 1 fully saturated rings. The van der Waals surface area contributed by atoms with Crippen LogP contribution in [0.15, 0.2) is 71.9 Å². The van der Waals surface area contributed by atoms with Gasteiger partial charge in [-0.1, -0.05) is 47.6 Å². The van der Waals surface area contributed by atoms with Gasteiger partial charge in [-0.3, -0.25) is 0 Å². The summed E-state index contributed by atoms with van der Waals surface area (Å²) in [6, 6.07) is 18.3. The van der Waals surface area contributed by atoms with Gasteiger partial charge in [0.1, 0.15) is 0 Å². The largest absolute Gasteiger partial charge is 0.416 e. The monoisotopic (exact) mass is 383 g/mol. The Morgan fingerprint density at radius 2 is 1.61 bits per heavy atom. The van der Waals surface area contributed by atoms with Crippen LogP contribution in [0, 0.1) is 0 Å². The maximum absolute atomic E-state index is 12.6. The fraction of sp³-hybridized carbons (Fsp3) is 0.182. The van der Waals surface area contributed by atoms with Crippen molar-refractivity contribution in [2.24, 2.45) is 5.16 Å². The molecule has 0 spiro atoms. The average molecular weight is 383 g/mol. The minimum absolute atomic E-state index is 0.0303. The molecule has 1 saturated carbocycles. The first-order chi connectivity index (χ1) is 13.4. The summed E-state index contributed by atoms with van der Waals surface area (Å²) in [5.74, 6) is -0.441. The highest BCUT2D eigenvalue weighted by Gasteiger charge is 2.30. The highest BCUT2D eigenvalue weighted by atomic mass is 19.4. The number of carbonyl (C=O) groups is 1. The topological polar surface area (TPSA) is 38.7 Å². The minimum atomic E-state index is -4.44. The zero-order valence-electron chi connectivity index (χ0n) is 14.7. The van der Waals surface area contributed by atoms with Crippen LogP contribution in [0.4, 0.5) is 13.2 Å². The summed E-state index contributed by atoms with van der Waals surface area (Å²) in [4.78, 5) is 16.8. The molecule has 28 heavy (non-hydrogen) atoms. The number of benzene rings is 3. The van der Waals surface area contributed by atoms with Crippen LogP contribution in [-0.2, 0) is 11.0 Å². The van der Waals surface area contributed by atoms with E-state index in [9.17, 15) is 18.0 Å². The lowest BCUT2D eigenvalue weighted by Gasteiger charge is -2.27. The average Bonchev–Trinajstić information content (AvgIpc) is 2.66. The summed E-state index contributed by atoms with van der Waals surface area (Å²) in [5, 5.41) is 6.22. The lowest BCUT2D eigenvalue weighted by Crippen LogP contribution is -2.22. The molecule has 0 aliphatic heterocycles. The molecule has 0 amide bonds. The molecule has 0 unspecified atom stereocenters. The van der Waals surface area contributed by atoms with Crippen molar-refractivity contribution in [1.82, 2.24) is 0 Å². The number of carbonyl (C=O) groups excluding carboxylic acids is 1. The van der Waals surface area contributed by atoms with Crippen molar-refractivity contribution in [2.75, 3.05) is 0 Å². The second-order valence-corrected chi connectivity index (χ2v) is 6.82. The highest BCUT2D eigenvalue weighted by Crippen LogP contribution is 2.36. The number of rotatable bonds is 3. The van der Waals surface area contributed by atoms with Crippen molar-refractivity contribution in [2.45, 2.75) is 24.9 Å². The lowest BCUT2D eigenvalue weighted by molar-refractivity contribution is -0.137. The highest BCUT2D eigenvalue weighted by molar-refractivity contribution is 5.94. The maximum Gasteiger partial charge on any atom is 0.416 e. The first-order valence-electron chi connectivity index (χ1n) is 8.83. The van der Waals surface area contributed by atoms with Crippen LogP contribution in [0.3, 0.4) is 0 Å². The third-order valence-electron chi connectivity index (χ3n) is 4.91. The molecule has 0 bridgehead atoms. The molecular weight excluding hydrogens is 367 g/mol. The summed E-state index contributed by atoms with van der Waals surface area (Å²) in [6.45, 7) is 0. The molecule has 0 radical (unpaired) electrons. The van der Waals surface area contributed by atoms with Crippen LogP contribution >= 0.6 is 0 Å². The van der Waals surface area contributed by atoms with Crippen molar-refractivity contribution in [1.29, 1.82) is 0 Å². The summed E-state index contributed by atoms with van der Waals surface area (Å²) in [5.41, 5.74) is 1.19. The van der Waals surface area contributed by atoms with Gasteiger partial charge in [0.25, 0.3) is 0 Å². The van der Waals surface area contributed by atoms with E-state index < -0.39 is 17.7 Å². The summed E-state index contributed by atoms with van der Waals surface area (Å²) in [7, 11) is 0. The molecule has 142 valence electrons. The van der Waals surface area contributed by atoms with Crippen LogP contribution < -0.4 is 0 Å². The van der Waals surface area contributed by atoms with E-state index in [4.69, 9.17) is 4.84 Å². The lowest BCUT2D eigenvalue weighted by atomic mass is 9.78. The van der Waals surface area contributed by atoms with E-state index in [2.05, 4.69) is 35.5 Å². The SMILES string of the molecule is O=C(ON=C1CC(c2ccc3ccccc3c2)C1)c1ccc(C(F)(F)F)cc1. The maximum atomic E-state index is 12.6. The van der Waals surface area contributed by atoms with Gasteiger partial charge in [0.15, 0.2) is 0 Å². The number of alkyl halides is 3. The van der Waals surface area contributed by atoms with E-state index in [1.165, 1.54) is 16.3 Å². The number of halogens is 3. The Morgan fingerprint density at radius 1 is 0.929 bits per heavy atom. The number of nitrogens with zero attached hydrogens (tertiary/aromatic N) is 1. The van der Waals surface area contributed by atoms with Crippen molar-refractivity contribution in [3.63, 3.8) is 0 Å². The van der Waals surface area contributed by atoms with Crippen molar-refractivity contribution >= 4 is 22.5 Å². The quantitative estimate of drug-likeness (QED) is 0.414. The second-order valence-electron chi connectivity index (χ2n) is 6.82. The summed E-state index contributed by atoms with van der Waals surface area (Å²) >= 11 is 0. The number of fused-ring (bicyclic) bond motifs is 1. The Balaban J connectivity index is 1.35. The molecule has 1 aliphatic carbocycles. The first kappa shape index (κ1) is 18.2. The molecule has 3 aromatic carbocycles. The number of oxime groups is 1. The number of hydrogen-bond donors (Lipinski definition) is 0. The van der Waals surface area contributed by atoms with Crippen molar-refractivity contribution < 1.29 is 22.8 Å². The van der Waals surface area contributed by atoms with E-state index >= 15 is 0 Å². The normalized spacial score (nSPS) is 16.5. The van der Waals surface area contributed by atoms with Gasteiger partial charge >= 0.3 is 12.1 Å². The zero-order chi connectivity index (χ0) is 19.7. The van der Waals surface area contributed by atoms with Gasteiger partial charge in [0.2, 0.25) is 0 Å². The van der Waals surface area contributed by atoms with Crippen LogP contribution in [0.5, 0.6) is 0 Å². The Kier molecular flexibility index (Phi) is 4.63. The summed E-state index contributed by atoms with van der Waals surface area (Å²) in [6.07, 6.45) is -3.05. The molecule has 0 heterocycles. The predicted molar refractivity (Wildman–Crippen MR) is 100 cm³/mol. The Bertz CT molecular complexity index is 1050. The number of hydrogen-bond acceptors (Lipinski definition) is 3. The molecule has 4 rings (SSSR count). The van der Waals surface area contributed by atoms with Crippen molar-refractivity contribution in [3.8, 4) is 0 Å². The van der Waals surface area contributed by atoms with Gasteiger partial charge in [0.05, 0.1) is 16.8 Å². The zero-order valence-corrected chi connectivity index (χ0v) is 14.7. The van der Waals surface area contributed by atoms with Crippen LogP contribution in [0.25, 0.3) is 10.8 Å². The van der Waals surface area contributed by atoms with Crippen molar-refractivity contribution in [3.05, 3.63) is 83.4 Å². The van der Waals surface area contributed by atoms with Crippen LogP contribution in [0.1, 0.15) is 40.2 Å². The van der Waals surface area contributed by atoms with Gasteiger partial charge in [-0.2, -0.15) is 13.2 Å². The van der Waals surface area contributed by atoms with Gasteiger partial charge in [0, 0.05) is 0 Å². The first-order valence-corrected chi connectivity index (χ1v) is 8.83. The molecule has 0 N–H and O–H groups in total. The van der Waals surface area contributed by atoms with Gasteiger partial charge < -0.3 is 4.84 Å². The molecule has 0 atom stereocenters. The second kappa shape index (κ2) is 7.11. The fourth-order valence-electron chi connectivity index (χ4n) is 3.24. The third kappa shape index (κ3) is 3.76. The van der Waals surface area contributed by atoms with E-state index in [1.54, 1.807) is 0 Å². The van der Waals surface area contributed by atoms with Crippen LogP contribution in [-0.4, -0.2) is 11.7 Å². The molecular formula is C22H16F3NO2. The van der Waals surface area contributed by atoms with E-state index in [0.717, 1.165) is 30.0 Å². The molecule has 0 saturated heterocycles. The molecule has 3 nitrogen and oxygen atoms in total. The Morgan fingerprint density at radius 3 is 2.29 bits per heavy atom. The Hall–Kier alpha value is -3.15. The van der Waals surface area contributed by atoms with Gasteiger partial charge in [-0.15, -0.1) is 0 Å².